The van der Waals surface area contributed by atoms with Gasteiger partial charge in [-0.05, 0) is 69.4 Å². The predicted octanol–water partition coefficient (Wildman–Crippen LogP) is 3.02. The van der Waals surface area contributed by atoms with Crippen molar-refractivity contribution in [3.63, 3.8) is 0 Å². The van der Waals surface area contributed by atoms with Crippen molar-refractivity contribution >= 4 is 27.5 Å². The highest BCUT2D eigenvalue weighted by molar-refractivity contribution is 7.19. The predicted molar refractivity (Wildman–Crippen MR) is 123 cm³/mol. The van der Waals surface area contributed by atoms with E-state index in [1.807, 2.05) is 20.8 Å². The summed E-state index contributed by atoms with van der Waals surface area (Å²) in [6.07, 6.45) is 3.54. The Bertz CT molecular complexity index is 1240. The van der Waals surface area contributed by atoms with Gasteiger partial charge < -0.3 is 10.1 Å². The molecule has 0 saturated heterocycles. The van der Waals surface area contributed by atoms with Crippen molar-refractivity contribution in [3.8, 4) is 11.4 Å². The summed E-state index contributed by atoms with van der Waals surface area (Å²) < 4.78 is 8.11. The molecule has 0 saturated carbocycles. The maximum absolute atomic E-state index is 13.5. The first-order chi connectivity index (χ1) is 14.9. The number of thiophene rings is 1. The van der Waals surface area contributed by atoms with Gasteiger partial charge in [-0.15, -0.1) is 11.3 Å². The van der Waals surface area contributed by atoms with E-state index in [-0.39, 0.29) is 24.1 Å². The normalized spacial score (nSPS) is 13.9. The number of carbonyl (C=O) groups is 1. The summed E-state index contributed by atoms with van der Waals surface area (Å²) in [7, 11) is 0. The lowest BCUT2D eigenvalue weighted by atomic mass is 10.2. The quantitative estimate of drug-likeness (QED) is 0.611. The van der Waals surface area contributed by atoms with Crippen LogP contribution < -0.4 is 21.3 Å². The molecule has 3 aromatic rings. The molecule has 7 nitrogen and oxygen atoms in total. The molecule has 2 aromatic heterocycles. The van der Waals surface area contributed by atoms with Crippen LogP contribution in [0.3, 0.4) is 0 Å². The number of fused-ring (bicyclic) bond motifs is 3. The van der Waals surface area contributed by atoms with Crippen molar-refractivity contribution in [2.24, 2.45) is 0 Å². The highest BCUT2D eigenvalue weighted by Gasteiger charge is 2.26. The molecule has 31 heavy (non-hydrogen) atoms. The van der Waals surface area contributed by atoms with E-state index in [9.17, 15) is 14.4 Å². The van der Waals surface area contributed by atoms with Crippen LogP contribution in [0.1, 0.15) is 44.1 Å². The zero-order valence-corrected chi connectivity index (χ0v) is 18.9. The van der Waals surface area contributed by atoms with Gasteiger partial charge in [-0.2, -0.15) is 0 Å². The third-order valence-corrected chi connectivity index (χ3v) is 7.03. The summed E-state index contributed by atoms with van der Waals surface area (Å²) in [6, 6.07) is 6.91. The number of amides is 1. The Morgan fingerprint density at radius 3 is 2.61 bits per heavy atom. The topological polar surface area (TPSA) is 82.3 Å². The zero-order chi connectivity index (χ0) is 22.1. The van der Waals surface area contributed by atoms with Gasteiger partial charge in [0.15, 0.2) is 0 Å². The van der Waals surface area contributed by atoms with Gasteiger partial charge in [-0.3, -0.25) is 14.2 Å². The minimum Gasteiger partial charge on any atom is -0.494 e. The third-order valence-electron chi connectivity index (χ3n) is 5.71. The van der Waals surface area contributed by atoms with Gasteiger partial charge in [0.1, 0.15) is 17.1 Å². The van der Waals surface area contributed by atoms with Gasteiger partial charge in [0.05, 0.1) is 17.7 Å². The third kappa shape index (κ3) is 3.92. The van der Waals surface area contributed by atoms with Crippen molar-refractivity contribution in [2.75, 3.05) is 6.61 Å². The number of aromatic nitrogens is 2. The standard InChI is InChI=1S/C23H27N3O4S/c1-4-14(3)24-19(27)13-25-22-20(17-7-6-8-18(17)31-22)21(28)26(23(25)29)15-9-11-16(12-10-15)30-5-2/h9-12,14H,4-8,13H2,1-3H3,(H,24,27)/t14-/m0/s1. The minimum absolute atomic E-state index is 0.0176. The highest BCUT2D eigenvalue weighted by atomic mass is 32.1. The van der Waals surface area contributed by atoms with E-state index in [2.05, 4.69) is 5.32 Å². The van der Waals surface area contributed by atoms with Gasteiger partial charge in [0.25, 0.3) is 5.56 Å². The first-order valence-corrected chi connectivity index (χ1v) is 11.6. The molecule has 0 radical (unpaired) electrons. The first kappa shape index (κ1) is 21.4. The number of hydrogen-bond donors (Lipinski definition) is 1. The van der Waals surface area contributed by atoms with Crippen LogP contribution in [0.5, 0.6) is 5.75 Å². The number of ether oxygens (including phenoxy) is 1. The van der Waals surface area contributed by atoms with Crippen LogP contribution in [-0.4, -0.2) is 27.7 Å². The van der Waals surface area contributed by atoms with E-state index >= 15 is 0 Å². The smallest absolute Gasteiger partial charge is 0.337 e. The second kappa shape index (κ2) is 8.70. The first-order valence-electron chi connectivity index (χ1n) is 10.8. The molecule has 0 unspecified atom stereocenters. The largest absolute Gasteiger partial charge is 0.494 e. The van der Waals surface area contributed by atoms with Crippen molar-refractivity contribution in [2.45, 2.75) is 59.0 Å². The lowest BCUT2D eigenvalue weighted by Gasteiger charge is -2.15. The molecular weight excluding hydrogens is 414 g/mol. The Kier molecular flexibility index (Phi) is 6.00. The van der Waals surface area contributed by atoms with Crippen LogP contribution in [-0.2, 0) is 24.2 Å². The SMILES string of the molecule is CCOc1ccc(-n2c(=O)c3c4c(sc3n(CC(=O)N[C@@H](C)CC)c2=O)CCC4)cc1. The molecule has 8 heteroatoms. The fraction of sp³-hybridized carbons (Fsp3) is 0.435. The average Bonchev–Trinajstić information content (AvgIpc) is 3.34. The molecule has 0 spiro atoms. The van der Waals surface area contributed by atoms with Crippen LogP contribution >= 0.6 is 11.3 Å². The number of aryl methyl sites for hydroxylation is 2. The molecule has 1 N–H and O–H groups in total. The number of hydrogen-bond acceptors (Lipinski definition) is 5. The summed E-state index contributed by atoms with van der Waals surface area (Å²) in [5, 5.41) is 3.49. The molecule has 2 heterocycles. The summed E-state index contributed by atoms with van der Waals surface area (Å²) in [5.74, 6) is 0.438. The Balaban J connectivity index is 1.89. The molecule has 1 aromatic carbocycles. The Labute approximate surface area is 184 Å². The zero-order valence-electron chi connectivity index (χ0n) is 18.1. The molecule has 4 rings (SSSR count). The van der Waals surface area contributed by atoms with Gasteiger partial charge >= 0.3 is 5.69 Å². The summed E-state index contributed by atoms with van der Waals surface area (Å²) in [5.41, 5.74) is 0.679. The van der Waals surface area contributed by atoms with Crippen LogP contribution in [0.15, 0.2) is 33.9 Å². The molecule has 0 aliphatic heterocycles. The summed E-state index contributed by atoms with van der Waals surface area (Å²) in [4.78, 5) is 41.3. The Morgan fingerprint density at radius 2 is 1.94 bits per heavy atom. The minimum atomic E-state index is -0.499. The van der Waals surface area contributed by atoms with E-state index in [0.29, 0.717) is 28.3 Å². The number of rotatable bonds is 7. The van der Waals surface area contributed by atoms with E-state index in [1.165, 1.54) is 20.5 Å². The molecule has 0 bridgehead atoms. The highest BCUT2D eigenvalue weighted by Crippen LogP contribution is 2.35. The maximum Gasteiger partial charge on any atom is 0.337 e. The second-order valence-corrected chi connectivity index (χ2v) is 8.93. The molecule has 1 aliphatic rings. The number of carbonyl (C=O) groups excluding carboxylic acids is 1. The van der Waals surface area contributed by atoms with Crippen molar-refractivity contribution < 1.29 is 9.53 Å². The Morgan fingerprint density at radius 1 is 1.19 bits per heavy atom. The molecule has 0 fully saturated rings. The van der Waals surface area contributed by atoms with Gasteiger partial charge in [0.2, 0.25) is 5.91 Å². The second-order valence-electron chi connectivity index (χ2n) is 7.85. The molecular formula is C23H27N3O4S. The fourth-order valence-corrected chi connectivity index (χ4v) is 5.37. The van der Waals surface area contributed by atoms with Crippen LogP contribution in [0.2, 0.25) is 0 Å². The fourth-order valence-electron chi connectivity index (χ4n) is 4.00. The summed E-state index contributed by atoms with van der Waals surface area (Å²) in [6.45, 7) is 6.23. The van der Waals surface area contributed by atoms with E-state index < -0.39 is 5.69 Å². The monoisotopic (exact) mass is 441 g/mol. The Hall–Kier alpha value is -2.87. The molecule has 164 valence electrons. The van der Waals surface area contributed by atoms with Crippen molar-refractivity contribution in [1.29, 1.82) is 0 Å². The molecule has 1 aliphatic carbocycles. The maximum atomic E-state index is 13.5. The molecule has 1 atom stereocenters. The lowest BCUT2D eigenvalue weighted by Crippen LogP contribution is -2.42. The van der Waals surface area contributed by atoms with Crippen LogP contribution in [0, 0.1) is 0 Å². The lowest BCUT2D eigenvalue weighted by molar-refractivity contribution is -0.122. The average molecular weight is 442 g/mol. The van der Waals surface area contributed by atoms with E-state index in [4.69, 9.17) is 4.74 Å². The summed E-state index contributed by atoms with van der Waals surface area (Å²) >= 11 is 1.47. The van der Waals surface area contributed by atoms with Gasteiger partial charge in [0, 0.05) is 10.9 Å². The molecule has 1 amide bonds. The van der Waals surface area contributed by atoms with Crippen molar-refractivity contribution in [3.05, 3.63) is 55.5 Å². The number of nitrogens with zero attached hydrogens (tertiary/aromatic N) is 2. The number of benzene rings is 1. The van der Waals surface area contributed by atoms with Crippen LogP contribution in [0.25, 0.3) is 15.9 Å². The van der Waals surface area contributed by atoms with Crippen LogP contribution in [0.4, 0.5) is 0 Å². The van der Waals surface area contributed by atoms with Gasteiger partial charge in [-0.25, -0.2) is 9.36 Å². The van der Waals surface area contributed by atoms with Gasteiger partial charge in [-0.1, -0.05) is 6.92 Å². The van der Waals surface area contributed by atoms with Crippen molar-refractivity contribution in [1.82, 2.24) is 14.5 Å². The van der Waals surface area contributed by atoms with E-state index in [1.54, 1.807) is 24.3 Å². The number of nitrogens with one attached hydrogen (secondary N) is 1. The van der Waals surface area contributed by atoms with E-state index in [0.717, 1.165) is 36.1 Å².